The van der Waals surface area contributed by atoms with Crippen LogP contribution in [0.4, 0.5) is 8.78 Å². The van der Waals surface area contributed by atoms with Crippen LogP contribution in [0, 0.1) is 11.8 Å². The van der Waals surface area contributed by atoms with E-state index in [0.717, 1.165) is 38.8 Å². The van der Waals surface area contributed by atoms with Gasteiger partial charge >= 0.3 is 0 Å². The molecule has 1 unspecified atom stereocenters. The maximum atomic E-state index is 13.3. The maximum absolute atomic E-state index is 13.3. The number of hydrogen-bond acceptors (Lipinski definition) is 2. The molecule has 1 amide bonds. The zero-order valence-corrected chi connectivity index (χ0v) is 19.1. The van der Waals surface area contributed by atoms with Crippen LogP contribution in [0.1, 0.15) is 73.1 Å². The van der Waals surface area contributed by atoms with Crippen LogP contribution in [-0.2, 0) is 4.79 Å². The largest absolute Gasteiger partial charge is 0.342 e. The Morgan fingerprint density at radius 1 is 1.10 bits per heavy atom. The average Bonchev–Trinajstić information content (AvgIpc) is 2.72. The number of hydrogen-bond donors (Lipinski definition) is 0. The van der Waals surface area contributed by atoms with Crippen LogP contribution < -0.4 is 0 Å². The maximum Gasteiger partial charge on any atom is 0.250 e. The fourth-order valence-electron chi connectivity index (χ4n) is 4.27. The van der Waals surface area contributed by atoms with E-state index in [4.69, 9.17) is 0 Å². The smallest absolute Gasteiger partial charge is 0.250 e. The Balaban J connectivity index is 1.93. The first-order valence-corrected chi connectivity index (χ1v) is 11.4. The van der Waals surface area contributed by atoms with Crippen LogP contribution in [0.2, 0.25) is 0 Å². The molecule has 0 aromatic rings. The van der Waals surface area contributed by atoms with Crippen LogP contribution in [-0.4, -0.2) is 54.4 Å². The second-order valence-corrected chi connectivity index (χ2v) is 9.07. The summed E-state index contributed by atoms with van der Waals surface area (Å²) in [6.45, 7) is 13.6. The van der Waals surface area contributed by atoms with Crippen molar-refractivity contribution in [3.63, 3.8) is 0 Å². The molecule has 0 radical (unpaired) electrons. The van der Waals surface area contributed by atoms with E-state index in [1.165, 1.54) is 16.7 Å². The third-order valence-electron chi connectivity index (χ3n) is 7.03. The van der Waals surface area contributed by atoms with Gasteiger partial charge in [0.1, 0.15) is 0 Å². The predicted octanol–water partition coefficient (Wildman–Crippen LogP) is 5.68. The van der Waals surface area contributed by atoms with Crippen molar-refractivity contribution >= 4 is 5.91 Å². The van der Waals surface area contributed by atoms with Gasteiger partial charge in [-0.3, -0.25) is 9.69 Å². The Morgan fingerprint density at radius 3 is 2.21 bits per heavy atom. The van der Waals surface area contributed by atoms with Gasteiger partial charge in [0.15, 0.2) is 0 Å². The van der Waals surface area contributed by atoms with Crippen LogP contribution in [0.15, 0.2) is 22.8 Å². The summed E-state index contributed by atoms with van der Waals surface area (Å²) < 4.78 is 26.6. The molecule has 166 valence electrons. The molecule has 0 aliphatic carbocycles. The number of halogens is 2. The Morgan fingerprint density at radius 2 is 1.69 bits per heavy atom. The molecular weight excluding hydrogens is 370 g/mol. The Labute approximate surface area is 176 Å². The van der Waals surface area contributed by atoms with Gasteiger partial charge in [-0.05, 0) is 56.9 Å². The fourth-order valence-corrected chi connectivity index (χ4v) is 4.27. The first kappa shape index (κ1) is 24.0. The number of carbonyl (C=O) groups is 1. The molecule has 0 N–H and O–H groups in total. The highest BCUT2D eigenvalue weighted by Crippen LogP contribution is 2.32. The van der Waals surface area contributed by atoms with E-state index in [0.29, 0.717) is 24.9 Å². The lowest BCUT2D eigenvalue weighted by molar-refractivity contribution is -0.135. The normalized spacial score (nSPS) is 23.7. The van der Waals surface area contributed by atoms with Crippen molar-refractivity contribution in [2.24, 2.45) is 11.8 Å². The molecule has 0 saturated carbocycles. The molecule has 5 heteroatoms. The molecule has 2 fully saturated rings. The monoisotopic (exact) mass is 410 g/mol. The molecule has 3 nitrogen and oxygen atoms in total. The topological polar surface area (TPSA) is 23.6 Å². The molecular formula is C24H40F2N2O. The summed E-state index contributed by atoms with van der Waals surface area (Å²) in [5.74, 6) is -1.36. The SMILES string of the molecule is CCC(C)=C(/C=C(/C)C(C)CC)C1CCN(C(=O)CN2CCC(F)(F)CC2)CC1. The lowest BCUT2D eigenvalue weighted by Gasteiger charge is -2.36. The molecule has 2 aliphatic heterocycles. The summed E-state index contributed by atoms with van der Waals surface area (Å²) >= 11 is 0. The van der Waals surface area contributed by atoms with E-state index < -0.39 is 5.92 Å². The quantitative estimate of drug-likeness (QED) is 0.505. The second-order valence-electron chi connectivity index (χ2n) is 9.07. The zero-order chi connectivity index (χ0) is 21.6. The molecule has 2 rings (SSSR count). The van der Waals surface area contributed by atoms with E-state index in [1.54, 1.807) is 0 Å². The van der Waals surface area contributed by atoms with Crippen molar-refractivity contribution in [3.8, 4) is 0 Å². The molecule has 2 heterocycles. The summed E-state index contributed by atoms with van der Waals surface area (Å²) in [7, 11) is 0. The number of nitrogens with zero attached hydrogens (tertiary/aromatic N) is 2. The van der Waals surface area contributed by atoms with E-state index in [9.17, 15) is 13.6 Å². The highest BCUT2D eigenvalue weighted by atomic mass is 19.3. The van der Waals surface area contributed by atoms with Gasteiger partial charge in [-0.1, -0.05) is 38.0 Å². The summed E-state index contributed by atoms with van der Waals surface area (Å²) in [6, 6.07) is 0. The van der Waals surface area contributed by atoms with Gasteiger partial charge in [0, 0.05) is 39.0 Å². The zero-order valence-electron chi connectivity index (χ0n) is 19.1. The fraction of sp³-hybridized carbons (Fsp3) is 0.792. The van der Waals surface area contributed by atoms with Gasteiger partial charge in [-0.25, -0.2) is 8.78 Å². The summed E-state index contributed by atoms with van der Waals surface area (Å²) in [6.07, 6.45) is 6.32. The van der Waals surface area contributed by atoms with E-state index in [1.807, 2.05) is 9.80 Å². The van der Waals surface area contributed by atoms with Gasteiger partial charge in [0.25, 0.3) is 5.92 Å². The van der Waals surface area contributed by atoms with Crippen LogP contribution >= 0.6 is 0 Å². The average molecular weight is 411 g/mol. The van der Waals surface area contributed by atoms with Crippen molar-refractivity contribution < 1.29 is 13.6 Å². The number of likely N-dealkylation sites (tertiary alicyclic amines) is 2. The lowest BCUT2D eigenvalue weighted by atomic mass is 9.83. The van der Waals surface area contributed by atoms with Crippen molar-refractivity contribution in [3.05, 3.63) is 22.8 Å². The van der Waals surface area contributed by atoms with E-state index in [-0.39, 0.29) is 25.3 Å². The van der Waals surface area contributed by atoms with Crippen molar-refractivity contribution in [1.29, 1.82) is 0 Å². The third-order valence-corrected chi connectivity index (χ3v) is 7.03. The lowest BCUT2D eigenvalue weighted by Crippen LogP contribution is -2.47. The Kier molecular flexibility index (Phi) is 8.87. The summed E-state index contributed by atoms with van der Waals surface area (Å²) in [4.78, 5) is 16.5. The first-order valence-electron chi connectivity index (χ1n) is 11.4. The van der Waals surface area contributed by atoms with E-state index >= 15 is 0 Å². The molecule has 0 aromatic heterocycles. The molecule has 2 saturated heterocycles. The number of carbonyl (C=O) groups excluding carboxylic acids is 1. The van der Waals surface area contributed by atoms with Gasteiger partial charge in [0.2, 0.25) is 5.91 Å². The van der Waals surface area contributed by atoms with E-state index in [2.05, 4.69) is 40.7 Å². The third kappa shape index (κ3) is 6.91. The minimum Gasteiger partial charge on any atom is -0.342 e. The van der Waals surface area contributed by atoms with Gasteiger partial charge in [-0.2, -0.15) is 0 Å². The highest BCUT2D eigenvalue weighted by Gasteiger charge is 2.35. The van der Waals surface area contributed by atoms with Gasteiger partial charge in [0.05, 0.1) is 6.54 Å². The van der Waals surface area contributed by atoms with Gasteiger partial charge in [-0.15, -0.1) is 0 Å². The molecule has 29 heavy (non-hydrogen) atoms. The number of piperidine rings is 2. The van der Waals surface area contributed by atoms with Crippen LogP contribution in [0.3, 0.4) is 0 Å². The number of amides is 1. The van der Waals surface area contributed by atoms with Crippen LogP contribution in [0.25, 0.3) is 0 Å². The highest BCUT2D eigenvalue weighted by molar-refractivity contribution is 5.78. The van der Waals surface area contributed by atoms with Gasteiger partial charge < -0.3 is 4.90 Å². The number of allylic oxidation sites excluding steroid dienone is 4. The predicted molar refractivity (Wildman–Crippen MR) is 116 cm³/mol. The summed E-state index contributed by atoms with van der Waals surface area (Å²) in [5, 5.41) is 0. The van der Waals surface area contributed by atoms with Crippen molar-refractivity contribution in [2.75, 3.05) is 32.7 Å². The summed E-state index contributed by atoms with van der Waals surface area (Å²) in [5.41, 5.74) is 4.36. The molecule has 1 atom stereocenters. The molecule has 0 spiro atoms. The Hall–Kier alpha value is -1.23. The molecule has 0 bridgehead atoms. The Bertz CT molecular complexity index is 608. The van der Waals surface area contributed by atoms with Crippen molar-refractivity contribution in [1.82, 2.24) is 9.80 Å². The molecule has 0 aromatic carbocycles. The molecule has 2 aliphatic rings. The first-order chi connectivity index (χ1) is 13.7. The standard InChI is InChI=1S/C24H40F2N2O/c1-6-18(3)20(5)16-22(19(4)7-2)21-8-12-28(13-9-21)23(29)17-27-14-10-24(25,26)11-15-27/h16,18,21H,6-15,17H2,1-5H3/b20-16-,22-19?. The minimum absolute atomic E-state index is 0.0951. The number of rotatable bonds is 7. The van der Waals surface area contributed by atoms with Crippen LogP contribution in [0.5, 0.6) is 0 Å². The van der Waals surface area contributed by atoms with Crippen molar-refractivity contribution in [2.45, 2.75) is 79.1 Å². The second kappa shape index (κ2) is 10.7. The minimum atomic E-state index is -2.56. The number of alkyl halides is 2.